The highest BCUT2D eigenvalue weighted by atomic mass is 15.1. The van der Waals surface area contributed by atoms with Gasteiger partial charge in [-0.1, -0.05) is 36.9 Å². The third-order valence-electron chi connectivity index (χ3n) is 5.33. The SMILES string of the molecule is C=C/C=C\C=NCC(=C)C1CCC(N)C(N)CCC1/C(=N\N)c1ccccn1. The summed E-state index contributed by atoms with van der Waals surface area (Å²) >= 11 is 0. The van der Waals surface area contributed by atoms with Gasteiger partial charge in [0.2, 0.25) is 0 Å². The molecule has 2 rings (SSSR count). The third-order valence-corrected chi connectivity index (χ3v) is 5.33. The van der Waals surface area contributed by atoms with Crippen molar-refractivity contribution >= 4 is 11.9 Å². The van der Waals surface area contributed by atoms with Crippen LogP contribution in [-0.4, -0.2) is 35.5 Å². The Morgan fingerprint density at radius 3 is 2.43 bits per heavy atom. The van der Waals surface area contributed by atoms with Crippen molar-refractivity contribution in [3.63, 3.8) is 0 Å². The molecule has 28 heavy (non-hydrogen) atoms. The number of allylic oxidation sites excluding steroid dienone is 3. The van der Waals surface area contributed by atoms with Gasteiger partial charge in [0.15, 0.2) is 0 Å². The minimum Gasteiger partial charge on any atom is -0.326 e. The fraction of sp³-hybridized carbons (Fsp3) is 0.409. The first-order chi connectivity index (χ1) is 13.6. The maximum atomic E-state index is 6.27. The van der Waals surface area contributed by atoms with Crippen molar-refractivity contribution in [3.8, 4) is 0 Å². The van der Waals surface area contributed by atoms with E-state index in [1.807, 2.05) is 30.4 Å². The van der Waals surface area contributed by atoms with E-state index in [-0.39, 0.29) is 23.9 Å². The lowest BCUT2D eigenvalue weighted by Gasteiger charge is -2.34. The standard InChI is InChI=1S/C22H32N6/c1-3-4-6-13-26-15-16(2)17-9-11-19(23)20(24)12-10-18(17)22(28-25)21-8-5-7-14-27-21/h3-8,13-14,17-20H,1-2,9-12,15,23-25H2/b6-4-,26-13?,28-22+. The summed E-state index contributed by atoms with van der Waals surface area (Å²) in [7, 11) is 0. The third kappa shape index (κ3) is 5.97. The van der Waals surface area contributed by atoms with Gasteiger partial charge in [0.25, 0.3) is 0 Å². The fourth-order valence-corrected chi connectivity index (χ4v) is 3.73. The van der Waals surface area contributed by atoms with Gasteiger partial charge in [-0.2, -0.15) is 5.10 Å². The van der Waals surface area contributed by atoms with E-state index in [1.54, 1.807) is 18.5 Å². The van der Waals surface area contributed by atoms with E-state index in [0.29, 0.717) is 6.54 Å². The number of rotatable bonds is 7. The second kappa shape index (κ2) is 11.3. The Morgan fingerprint density at radius 1 is 1.11 bits per heavy atom. The first kappa shape index (κ1) is 21.7. The Balaban J connectivity index is 2.27. The molecule has 4 atom stereocenters. The van der Waals surface area contributed by atoms with Crippen LogP contribution in [0, 0.1) is 11.8 Å². The predicted octanol–water partition coefficient (Wildman–Crippen LogP) is 2.57. The number of hydrogen-bond donors (Lipinski definition) is 3. The molecule has 4 unspecified atom stereocenters. The molecule has 6 nitrogen and oxygen atoms in total. The molecule has 1 aromatic rings. The molecule has 0 spiro atoms. The van der Waals surface area contributed by atoms with Crippen LogP contribution in [-0.2, 0) is 0 Å². The molecule has 0 amide bonds. The highest BCUT2D eigenvalue weighted by Gasteiger charge is 2.33. The summed E-state index contributed by atoms with van der Waals surface area (Å²) in [6.07, 6.45) is 12.3. The quantitative estimate of drug-likeness (QED) is 0.222. The average molecular weight is 381 g/mol. The predicted molar refractivity (Wildman–Crippen MR) is 118 cm³/mol. The normalized spacial score (nSPS) is 26.9. The lowest BCUT2D eigenvalue weighted by atomic mass is 9.73. The van der Waals surface area contributed by atoms with Crippen LogP contribution in [0.15, 0.2) is 71.4 Å². The van der Waals surface area contributed by atoms with Crippen LogP contribution in [0.5, 0.6) is 0 Å². The van der Waals surface area contributed by atoms with Crippen molar-refractivity contribution < 1.29 is 0 Å². The summed E-state index contributed by atoms with van der Waals surface area (Å²) < 4.78 is 0. The Kier molecular flexibility index (Phi) is 8.78. The van der Waals surface area contributed by atoms with Gasteiger partial charge in [-0.05, 0) is 49.8 Å². The summed E-state index contributed by atoms with van der Waals surface area (Å²) in [5.41, 5.74) is 15.2. The van der Waals surface area contributed by atoms with E-state index in [0.717, 1.165) is 42.7 Å². The molecule has 1 aliphatic rings. The van der Waals surface area contributed by atoms with Crippen molar-refractivity contribution in [3.05, 3.63) is 67.0 Å². The number of pyridine rings is 1. The molecule has 1 fully saturated rings. The molecule has 6 heteroatoms. The smallest absolute Gasteiger partial charge is 0.0893 e. The van der Waals surface area contributed by atoms with Gasteiger partial charge in [-0.3, -0.25) is 9.98 Å². The van der Waals surface area contributed by atoms with Crippen LogP contribution in [0.3, 0.4) is 0 Å². The van der Waals surface area contributed by atoms with Crippen molar-refractivity contribution in [2.24, 2.45) is 39.2 Å². The number of aromatic nitrogens is 1. The molecule has 0 bridgehead atoms. The highest BCUT2D eigenvalue weighted by molar-refractivity contribution is 6.00. The Bertz CT molecular complexity index is 722. The van der Waals surface area contributed by atoms with Crippen LogP contribution >= 0.6 is 0 Å². The first-order valence-electron chi connectivity index (χ1n) is 9.74. The van der Waals surface area contributed by atoms with E-state index in [1.165, 1.54) is 0 Å². The van der Waals surface area contributed by atoms with Crippen LogP contribution in [0.25, 0.3) is 0 Å². The van der Waals surface area contributed by atoms with Crippen molar-refractivity contribution in [2.45, 2.75) is 37.8 Å². The van der Waals surface area contributed by atoms with Crippen molar-refractivity contribution in [1.82, 2.24) is 4.98 Å². The first-order valence-corrected chi connectivity index (χ1v) is 9.74. The summed E-state index contributed by atoms with van der Waals surface area (Å²) in [5, 5.41) is 4.13. The van der Waals surface area contributed by atoms with Crippen LogP contribution in [0.1, 0.15) is 31.4 Å². The minimum atomic E-state index is -0.0264. The lowest BCUT2D eigenvalue weighted by Crippen LogP contribution is -2.44. The van der Waals surface area contributed by atoms with E-state index in [4.69, 9.17) is 17.3 Å². The fourth-order valence-electron chi connectivity index (χ4n) is 3.73. The topological polar surface area (TPSA) is 116 Å². The van der Waals surface area contributed by atoms with E-state index in [9.17, 15) is 0 Å². The second-order valence-corrected chi connectivity index (χ2v) is 7.19. The summed E-state index contributed by atoms with van der Waals surface area (Å²) in [6, 6.07) is 5.73. The van der Waals surface area contributed by atoms with Gasteiger partial charge in [-0.15, -0.1) is 0 Å². The lowest BCUT2D eigenvalue weighted by molar-refractivity contribution is 0.316. The average Bonchev–Trinajstić information content (AvgIpc) is 2.71. The summed E-state index contributed by atoms with van der Waals surface area (Å²) in [6.45, 7) is 8.52. The molecule has 150 valence electrons. The summed E-state index contributed by atoms with van der Waals surface area (Å²) in [5.74, 6) is 6.08. The van der Waals surface area contributed by atoms with Gasteiger partial charge in [-0.25, -0.2) is 0 Å². The van der Waals surface area contributed by atoms with Gasteiger partial charge in [0.05, 0.1) is 18.0 Å². The van der Waals surface area contributed by atoms with E-state index in [2.05, 4.69) is 28.2 Å². The number of hydrogen-bond acceptors (Lipinski definition) is 6. The molecule has 0 radical (unpaired) electrons. The Labute approximate surface area is 168 Å². The maximum absolute atomic E-state index is 6.27. The molecule has 1 saturated carbocycles. The van der Waals surface area contributed by atoms with Crippen LogP contribution in [0.4, 0.5) is 0 Å². The molecular formula is C22H32N6. The van der Waals surface area contributed by atoms with Gasteiger partial charge in [0, 0.05) is 30.4 Å². The molecule has 0 aromatic carbocycles. The molecular weight excluding hydrogens is 348 g/mol. The molecule has 1 aliphatic carbocycles. The van der Waals surface area contributed by atoms with Crippen LogP contribution < -0.4 is 17.3 Å². The Morgan fingerprint density at radius 2 is 1.82 bits per heavy atom. The number of nitrogens with two attached hydrogens (primary N) is 3. The van der Waals surface area contributed by atoms with Crippen LogP contribution in [0.2, 0.25) is 0 Å². The molecule has 0 saturated heterocycles. The molecule has 6 N–H and O–H groups in total. The summed E-state index contributed by atoms with van der Waals surface area (Å²) in [4.78, 5) is 8.92. The second-order valence-electron chi connectivity index (χ2n) is 7.19. The zero-order valence-electron chi connectivity index (χ0n) is 16.5. The highest BCUT2D eigenvalue weighted by Crippen LogP contribution is 2.34. The number of nitrogens with zero attached hydrogens (tertiary/aromatic N) is 3. The molecule has 1 heterocycles. The zero-order chi connectivity index (χ0) is 20.4. The molecule has 1 aromatic heterocycles. The van der Waals surface area contributed by atoms with Crippen molar-refractivity contribution in [1.29, 1.82) is 0 Å². The monoisotopic (exact) mass is 380 g/mol. The van der Waals surface area contributed by atoms with Gasteiger partial charge in [0.1, 0.15) is 0 Å². The van der Waals surface area contributed by atoms with Gasteiger partial charge < -0.3 is 17.3 Å². The maximum Gasteiger partial charge on any atom is 0.0893 e. The van der Waals surface area contributed by atoms with E-state index >= 15 is 0 Å². The number of hydrazone groups is 1. The van der Waals surface area contributed by atoms with E-state index < -0.39 is 0 Å². The van der Waals surface area contributed by atoms with Gasteiger partial charge >= 0.3 is 0 Å². The Hall–Kier alpha value is -2.57. The largest absolute Gasteiger partial charge is 0.326 e. The zero-order valence-corrected chi connectivity index (χ0v) is 16.5. The number of aliphatic imine (C=N–C) groups is 1. The minimum absolute atomic E-state index is 0.0107. The molecule has 0 aliphatic heterocycles. The van der Waals surface area contributed by atoms with Crippen molar-refractivity contribution in [2.75, 3.05) is 6.54 Å².